The molecule has 12 nitrogen and oxygen atoms in total. The average Bonchev–Trinajstić information content (AvgIpc) is 3.16. The number of aromatic nitrogens is 1. The van der Waals surface area contributed by atoms with Gasteiger partial charge in [0, 0.05) is 38.2 Å². The Labute approximate surface area is 266 Å². The molecule has 3 fully saturated rings. The molecule has 9 atom stereocenters. The van der Waals surface area contributed by atoms with E-state index in [1.807, 2.05) is 18.2 Å². The molecule has 0 amide bonds. The number of benzene rings is 1. The number of aliphatic hydroxyl groups is 2. The van der Waals surface area contributed by atoms with Gasteiger partial charge in [0.25, 0.3) is 0 Å². The maximum atomic E-state index is 13.7. The van der Waals surface area contributed by atoms with Crippen LogP contribution in [0.25, 0.3) is 6.08 Å². The second-order valence-electron chi connectivity index (χ2n) is 13.0. The van der Waals surface area contributed by atoms with Gasteiger partial charge in [0.1, 0.15) is 17.3 Å². The zero-order valence-electron chi connectivity index (χ0n) is 26.5. The van der Waals surface area contributed by atoms with Gasteiger partial charge in [-0.1, -0.05) is 30.3 Å². The molecule has 2 bridgehead atoms. The molecule has 3 aliphatic rings. The number of pyridine rings is 1. The number of fused-ring (bicyclic) bond motifs is 1. The number of nitrogens with zero attached hydrogens (tertiary/aromatic N) is 1. The van der Waals surface area contributed by atoms with Crippen LogP contribution in [0.3, 0.4) is 0 Å². The first-order valence-electron chi connectivity index (χ1n) is 15.1. The molecule has 46 heavy (non-hydrogen) atoms. The molecule has 1 aromatic carbocycles. The Morgan fingerprint density at radius 1 is 0.913 bits per heavy atom. The summed E-state index contributed by atoms with van der Waals surface area (Å²) in [6, 6.07) is 12.1. The Hall–Kier alpha value is -4.13. The molecule has 2 N–H and O–H groups in total. The number of hydrogen-bond donors (Lipinski definition) is 2. The minimum atomic E-state index is -2.29. The highest BCUT2D eigenvalue weighted by Crippen LogP contribution is 2.68. The van der Waals surface area contributed by atoms with Gasteiger partial charge in [-0.25, -0.2) is 9.59 Å². The molecule has 2 aromatic rings. The first kappa shape index (κ1) is 33.2. The van der Waals surface area contributed by atoms with E-state index in [1.165, 1.54) is 37.5 Å². The number of esters is 4. The van der Waals surface area contributed by atoms with Crippen molar-refractivity contribution in [2.45, 2.75) is 95.3 Å². The smallest absolute Gasteiger partial charge is 0.340 e. The Morgan fingerprint density at radius 3 is 2.20 bits per heavy atom. The SMILES string of the molecule is CC(=O)O[C@H]1[C@H](OC(=O)c2cccnc2)[C@@]2(C)[C@@H](OC(=O)/C=C/c3ccccc3)C[C@@H]3[C@@H](O)[C@]2(OC3(C)C)[C@@](C)(O)[C@H]1OC(C)=O. The lowest BCUT2D eigenvalue weighted by molar-refractivity contribution is -0.368. The van der Waals surface area contributed by atoms with Crippen molar-refractivity contribution in [3.63, 3.8) is 0 Å². The summed E-state index contributed by atoms with van der Waals surface area (Å²) in [5.74, 6) is -4.01. The lowest BCUT2D eigenvalue weighted by atomic mass is 9.46. The molecule has 5 rings (SSSR count). The van der Waals surface area contributed by atoms with Crippen LogP contribution in [-0.4, -0.2) is 86.4 Å². The fourth-order valence-electron chi connectivity index (χ4n) is 7.75. The van der Waals surface area contributed by atoms with Crippen LogP contribution >= 0.6 is 0 Å². The third-order valence-electron chi connectivity index (χ3n) is 9.74. The molecular formula is C34H39NO11. The first-order chi connectivity index (χ1) is 21.6. The minimum absolute atomic E-state index is 0.0272. The fourth-order valence-corrected chi connectivity index (χ4v) is 7.75. The van der Waals surface area contributed by atoms with Gasteiger partial charge in [-0.3, -0.25) is 14.6 Å². The normalized spacial score (nSPS) is 35.9. The molecule has 12 heteroatoms. The van der Waals surface area contributed by atoms with Crippen molar-refractivity contribution in [1.29, 1.82) is 0 Å². The van der Waals surface area contributed by atoms with Crippen LogP contribution in [0.2, 0.25) is 0 Å². The standard InChI is InChI=1S/C34H39NO11/c1-19(36)42-26-28(45-30(40)22-13-10-16-35-18-22)32(5)24(44-25(38)15-14-21-11-8-7-9-12-21)17-23-27(39)34(32,46-31(23,3)4)33(6,41)29(26)43-20(2)37/h7-16,18,23-24,26-29,39,41H,17H2,1-6H3/b15-14+/t23-,24+,26+,27-,28+,29+,32-,33+,34-/m1/s1. The van der Waals surface area contributed by atoms with Crippen LogP contribution in [0.4, 0.5) is 0 Å². The average molecular weight is 638 g/mol. The quantitative estimate of drug-likeness (QED) is 0.259. The van der Waals surface area contributed by atoms with Gasteiger partial charge in [-0.2, -0.15) is 0 Å². The molecule has 2 aliphatic carbocycles. The molecule has 1 aromatic heterocycles. The van der Waals surface area contributed by atoms with E-state index in [4.69, 9.17) is 23.7 Å². The van der Waals surface area contributed by atoms with Crippen LogP contribution < -0.4 is 0 Å². The molecule has 2 heterocycles. The number of rotatable bonds is 7. The van der Waals surface area contributed by atoms with Crippen LogP contribution in [0.5, 0.6) is 0 Å². The van der Waals surface area contributed by atoms with Crippen LogP contribution in [0.15, 0.2) is 60.9 Å². The van der Waals surface area contributed by atoms with Gasteiger partial charge < -0.3 is 33.9 Å². The van der Waals surface area contributed by atoms with Crippen molar-refractivity contribution >= 4 is 30.0 Å². The molecule has 1 spiro atoms. The second kappa shape index (κ2) is 11.9. The molecular weight excluding hydrogens is 598 g/mol. The Kier molecular flexibility index (Phi) is 8.60. The maximum absolute atomic E-state index is 13.7. The monoisotopic (exact) mass is 637 g/mol. The molecule has 2 saturated carbocycles. The predicted octanol–water partition coefficient (Wildman–Crippen LogP) is 2.79. The summed E-state index contributed by atoms with van der Waals surface area (Å²) < 4.78 is 30.2. The molecule has 0 unspecified atom stereocenters. The van der Waals surface area contributed by atoms with Crippen molar-refractivity contribution in [3.8, 4) is 0 Å². The summed E-state index contributed by atoms with van der Waals surface area (Å²) >= 11 is 0. The number of hydrogen-bond acceptors (Lipinski definition) is 12. The van der Waals surface area contributed by atoms with Gasteiger partial charge in [0.2, 0.25) is 0 Å². The van der Waals surface area contributed by atoms with Gasteiger partial charge in [0.05, 0.1) is 22.7 Å². The topological polar surface area (TPSA) is 168 Å². The number of aliphatic hydroxyl groups excluding tert-OH is 1. The highest BCUT2D eigenvalue weighted by atomic mass is 16.6. The van der Waals surface area contributed by atoms with Gasteiger partial charge in [0.15, 0.2) is 18.3 Å². The van der Waals surface area contributed by atoms with E-state index in [0.717, 1.165) is 19.4 Å². The summed E-state index contributed by atoms with van der Waals surface area (Å²) in [6.07, 6.45) is -1.93. The lowest BCUT2D eigenvalue weighted by Gasteiger charge is -2.66. The maximum Gasteiger partial charge on any atom is 0.340 e. The minimum Gasteiger partial charge on any atom is -0.458 e. The summed E-state index contributed by atoms with van der Waals surface area (Å²) in [7, 11) is 0. The highest BCUT2D eigenvalue weighted by Gasteiger charge is 2.86. The van der Waals surface area contributed by atoms with Gasteiger partial charge in [-0.05, 0) is 57.9 Å². The Balaban J connectivity index is 1.70. The third kappa shape index (κ3) is 5.27. The number of ether oxygens (including phenoxy) is 5. The number of carbonyl (C=O) groups is 4. The molecule has 0 radical (unpaired) electrons. The van der Waals surface area contributed by atoms with Gasteiger partial charge in [-0.15, -0.1) is 0 Å². The Morgan fingerprint density at radius 2 is 1.59 bits per heavy atom. The van der Waals surface area contributed by atoms with Crippen LogP contribution in [0.1, 0.15) is 63.9 Å². The lowest BCUT2D eigenvalue weighted by Crippen LogP contribution is -2.85. The van der Waals surface area contributed by atoms with Gasteiger partial charge >= 0.3 is 23.9 Å². The first-order valence-corrected chi connectivity index (χ1v) is 15.1. The van der Waals surface area contributed by atoms with Crippen molar-refractivity contribution in [3.05, 3.63) is 72.1 Å². The number of carbonyl (C=O) groups excluding carboxylic acids is 4. The van der Waals surface area contributed by atoms with E-state index in [1.54, 1.807) is 39.0 Å². The van der Waals surface area contributed by atoms with E-state index in [-0.39, 0.29) is 12.0 Å². The van der Waals surface area contributed by atoms with E-state index in [0.29, 0.717) is 0 Å². The second-order valence-corrected chi connectivity index (χ2v) is 13.0. The highest BCUT2D eigenvalue weighted by molar-refractivity contribution is 5.89. The molecule has 1 aliphatic heterocycles. The van der Waals surface area contributed by atoms with E-state index >= 15 is 0 Å². The predicted molar refractivity (Wildman–Crippen MR) is 161 cm³/mol. The van der Waals surface area contributed by atoms with Crippen molar-refractivity contribution in [2.75, 3.05) is 0 Å². The van der Waals surface area contributed by atoms with E-state index < -0.39 is 82.5 Å². The van der Waals surface area contributed by atoms with Crippen LogP contribution in [-0.2, 0) is 38.1 Å². The summed E-state index contributed by atoms with van der Waals surface area (Å²) in [5, 5.41) is 24.6. The zero-order valence-corrected chi connectivity index (χ0v) is 26.5. The summed E-state index contributed by atoms with van der Waals surface area (Å²) in [5.41, 5.74) is -6.50. The van der Waals surface area contributed by atoms with Crippen molar-refractivity contribution in [2.24, 2.45) is 11.3 Å². The zero-order chi connectivity index (χ0) is 33.7. The van der Waals surface area contributed by atoms with E-state index in [2.05, 4.69) is 4.98 Å². The molecule has 246 valence electrons. The Bertz CT molecular complexity index is 1520. The molecule has 1 saturated heterocycles. The summed E-state index contributed by atoms with van der Waals surface area (Å²) in [6.45, 7) is 8.51. The largest absolute Gasteiger partial charge is 0.458 e. The third-order valence-corrected chi connectivity index (χ3v) is 9.74. The van der Waals surface area contributed by atoms with Crippen LogP contribution in [0, 0.1) is 11.3 Å². The fraction of sp³-hybridized carbons (Fsp3) is 0.500. The van der Waals surface area contributed by atoms with E-state index in [9.17, 15) is 29.4 Å². The van der Waals surface area contributed by atoms with Crippen molar-refractivity contribution in [1.82, 2.24) is 4.98 Å². The van der Waals surface area contributed by atoms with Crippen molar-refractivity contribution < 1.29 is 53.1 Å². The summed E-state index contributed by atoms with van der Waals surface area (Å²) in [4.78, 5) is 56.1.